The Balaban J connectivity index is 2.50. The summed E-state index contributed by atoms with van der Waals surface area (Å²) in [5, 5.41) is 3.00. The van der Waals surface area contributed by atoms with Gasteiger partial charge >= 0.3 is 0 Å². The number of anilines is 1. The number of rotatable bonds is 8. The van der Waals surface area contributed by atoms with Gasteiger partial charge in [-0.15, -0.1) is 0 Å². The predicted octanol–water partition coefficient (Wildman–Crippen LogP) is 3.34. The molecule has 0 aliphatic carbocycles. The molecule has 0 radical (unpaired) electrons. The van der Waals surface area contributed by atoms with E-state index in [0.29, 0.717) is 6.54 Å². The van der Waals surface area contributed by atoms with Gasteiger partial charge in [0.15, 0.2) is 0 Å². The summed E-state index contributed by atoms with van der Waals surface area (Å²) in [6.07, 6.45) is 4.84. The Labute approximate surface area is 116 Å². The van der Waals surface area contributed by atoms with Crippen LogP contribution in [0.2, 0.25) is 0 Å². The normalized spacial score (nSPS) is 12.2. The molecule has 1 unspecified atom stereocenters. The maximum absolute atomic E-state index is 12.1. The third kappa shape index (κ3) is 5.43. The summed E-state index contributed by atoms with van der Waals surface area (Å²) < 4.78 is 0. The second kappa shape index (κ2) is 8.70. The summed E-state index contributed by atoms with van der Waals surface area (Å²) in [6.45, 7) is 4.89. The van der Waals surface area contributed by atoms with Crippen molar-refractivity contribution in [1.29, 1.82) is 0 Å². The van der Waals surface area contributed by atoms with Crippen LogP contribution < -0.4 is 11.1 Å². The SMILES string of the molecule is CCc1ccc(NC(=O)C(CC)CCCCN)cc1. The van der Waals surface area contributed by atoms with E-state index in [1.54, 1.807) is 0 Å². The average molecular weight is 262 g/mol. The van der Waals surface area contributed by atoms with E-state index in [-0.39, 0.29) is 11.8 Å². The maximum atomic E-state index is 12.1. The highest BCUT2D eigenvalue weighted by Crippen LogP contribution is 2.16. The summed E-state index contributed by atoms with van der Waals surface area (Å²) in [4.78, 5) is 12.1. The van der Waals surface area contributed by atoms with Gasteiger partial charge in [-0.3, -0.25) is 4.79 Å². The smallest absolute Gasteiger partial charge is 0.227 e. The molecule has 106 valence electrons. The van der Waals surface area contributed by atoms with E-state index < -0.39 is 0 Å². The minimum atomic E-state index is 0.0948. The number of unbranched alkanes of at least 4 members (excludes halogenated alkanes) is 1. The average Bonchev–Trinajstić information content (AvgIpc) is 2.44. The number of aryl methyl sites for hydroxylation is 1. The van der Waals surface area contributed by atoms with Crippen LogP contribution in [-0.4, -0.2) is 12.5 Å². The molecule has 0 aromatic heterocycles. The third-order valence-electron chi connectivity index (χ3n) is 3.50. The zero-order valence-electron chi connectivity index (χ0n) is 12.1. The molecule has 1 aromatic rings. The summed E-state index contributed by atoms with van der Waals surface area (Å²) in [7, 11) is 0. The molecule has 3 nitrogen and oxygen atoms in total. The Hall–Kier alpha value is -1.35. The van der Waals surface area contributed by atoms with Crippen molar-refractivity contribution in [2.45, 2.75) is 46.0 Å². The quantitative estimate of drug-likeness (QED) is 0.706. The van der Waals surface area contributed by atoms with Crippen LogP contribution >= 0.6 is 0 Å². The second-order valence-electron chi connectivity index (χ2n) is 4.93. The van der Waals surface area contributed by atoms with Crippen molar-refractivity contribution in [3.63, 3.8) is 0 Å². The minimum absolute atomic E-state index is 0.0948. The monoisotopic (exact) mass is 262 g/mol. The molecule has 0 aliphatic rings. The lowest BCUT2D eigenvalue weighted by atomic mass is 9.98. The van der Waals surface area contributed by atoms with Crippen LogP contribution in [0.1, 0.15) is 45.1 Å². The second-order valence-corrected chi connectivity index (χ2v) is 4.93. The van der Waals surface area contributed by atoms with Crippen LogP contribution in [-0.2, 0) is 11.2 Å². The van der Waals surface area contributed by atoms with Crippen molar-refractivity contribution >= 4 is 11.6 Å². The fraction of sp³-hybridized carbons (Fsp3) is 0.562. The Morgan fingerprint density at radius 2 is 1.89 bits per heavy atom. The van der Waals surface area contributed by atoms with Gasteiger partial charge in [-0.25, -0.2) is 0 Å². The molecule has 0 heterocycles. The first kappa shape index (κ1) is 15.7. The minimum Gasteiger partial charge on any atom is -0.330 e. The molecule has 0 saturated carbocycles. The standard InChI is InChI=1S/C16H26N2O/c1-3-13-8-10-15(11-9-13)18-16(19)14(4-2)7-5-6-12-17/h8-11,14H,3-7,12,17H2,1-2H3,(H,18,19). The van der Waals surface area contributed by atoms with E-state index >= 15 is 0 Å². The van der Waals surface area contributed by atoms with E-state index in [1.165, 1.54) is 5.56 Å². The molecule has 0 aliphatic heterocycles. The van der Waals surface area contributed by atoms with Crippen molar-refractivity contribution in [1.82, 2.24) is 0 Å². The summed E-state index contributed by atoms with van der Waals surface area (Å²) in [6, 6.07) is 8.07. The van der Waals surface area contributed by atoms with Crippen molar-refractivity contribution in [2.24, 2.45) is 11.7 Å². The summed E-state index contributed by atoms with van der Waals surface area (Å²) >= 11 is 0. The van der Waals surface area contributed by atoms with Crippen molar-refractivity contribution < 1.29 is 4.79 Å². The lowest BCUT2D eigenvalue weighted by molar-refractivity contribution is -0.120. The van der Waals surface area contributed by atoms with E-state index in [9.17, 15) is 4.79 Å². The maximum Gasteiger partial charge on any atom is 0.227 e. The molecule has 0 bridgehead atoms. The number of carbonyl (C=O) groups is 1. The lowest BCUT2D eigenvalue weighted by Crippen LogP contribution is -2.22. The first-order valence-electron chi connectivity index (χ1n) is 7.31. The molecule has 0 fully saturated rings. The number of nitrogens with two attached hydrogens (primary N) is 1. The fourth-order valence-corrected chi connectivity index (χ4v) is 2.12. The third-order valence-corrected chi connectivity index (χ3v) is 3.50. The molecular formula is C16H26N2O. The Kier molecular flexibility index (Phi) is 7.19. The Morgan fingerprint density at radius 3 is 2.42 bits per heavy atom. The highest BCUT2D eigenvalue weighted by Gasteiger charge is 2.15. The molecule has 1 amide bonds. The van der Waals surface area contributed by atoms with Crippen LogP contribution in [0.25, 0.3) is 0 Å². The Bertz CT molecular complexity index is 373. The molecule has 3 heteroatoms. The van der Waals surface area contributed by atoms with Crippen molar-refractivity contribution in [3.05, 3.63) is 29.8 Å². The van der Waals surface area contributed by atoms with E-state index in [0.717, 1.165) is 37.8 Å². The topological polar surface area (TPSA) is 55.1 Å². The number of carbonyl (C=O) groups excluding carboxylic acids is 1. The highest BCUT2D eigenvalue weighted by atomic mass is 16.1. The van der Waals surface area contributed by atoms with Gasteiger partial charge in [-0.2, -0.15) is 0 Å². The largest absolute Gasteiger partial charge is 0.330 e. The van der Waals surface area contributed by atoms with Crippen molar-refractivity contribution in [3.8, 4) is 0 Å². The fourth-order valence-electron chi connectivity index (χ4n) is 2.12. The molecule has 19 heavy (non-hydrogen) atoms. The Morgan fingerprint density at radius 1 is 1.21 bits per heavy atom. The van der Waals surface area contributed by atoms with Crippen LogP contribution in [0.4, 0.5) is 5.69 Å². The molecule has 3 N–H and O–H groups in total. The zero-order chi connectivity index (χ0) is 14.1. The number of hydrogen-bond acceptors (Lipinski definition) is 2. The van der Waals surface area contributed by atoms with Crippen LogP contribution in [0.3, 0.4) is 0 Å². The lowest BCUT2D eigenvalue weighted by Gasteiger charge is -2.15. The highest BCUT2D eigenvalue weighted by molar-refractivity contribution is 5.92. The number of amides is 1. The van der Waals surface area contributed by atoms with Crippen molar-refractivity contribution in [2.75, 3.05) is 11.9 Å². The van der Waals surface area contributed by atoms with Gasteiger partial charge in [0.25, 0.3) is 0 Å². The first-order chi connectivity index (χ1) is 9.21. The van der Waals surface area contributed by atoms with Gasteiger partial charge in [0.2, 0.25) is 5.91 Å². The van der Waals surface area contributed by atoms with Crippen LogP contribution in [0.5, 0.6) is 0 Å². The molecular weight excluding hydrogens is 236 g/mol. The van der Waals surface area contributed by atoms with E-state index in [4.69, 9.17) is 5.73 Å². The molecule has 0 saturated heterocycles. The van der Waals surface area contributed by atoms with E-state index in [2.05, 4.69) is 31.3 Å². The van der Waals surface area contributed by atoms with Gasteiger partial charge in [0, 0.05) is 11.6 Å². The molecule has 1 aromatic carbocycles. The summed E-state index contributed by atoms with van der Waals surface area (Å²) in [5.41, 5.74) is 7.66. The van der Waals surface area contributed by atoms with Gasteiger partial charge in [-0.1, -0.05) is 32.4 Å². The number of nitrogens with one attached hydrogen (secondary N) is 1. The first-order valence-corrected chi connectivity index (χ1v) is 7.31. The number of benzene rings is 1. The predicted molar refractivity (Wildman–Crippen MR) is 81.1 cm³/mol. The van der Waals surface area contributed by atoms with Gasteiger partial charge < -0.3 is 11.1 Å². The molecule has 1 atom stereocenters. The van der Waals surface area contributed by atoms with E-state index in [1.807, 2.05) is 12.1 Å². The zero-order valence-corrected chi connectivity index (χ0v) is 12.1. The van der Waals surface area contributed by atoms with Gasteiger partial charge in [0.05, 0.1) is 0 Å². The summed E-state index contributed by atoms with van der Waals surface area (Å²) in [5.74, 6) is 0.223. The molecule has 0 spiro atoms. The molecule has 1 rings (SSSR count). The number of hydrogen-bond donors (Lipinski definition) is 2. The van der Waals surface area contributed by atoms with Crippen LogP contribution in [0, 0.1) is 5.92 Å². The van der Waals surface area contributed by atoms with Crippen LogP contribution in [0.15, 0.2) is 24.3 Å². The van der Waals surface area contributed by atoms with Gasteiger partial charge in [0.1, 0.15) is 0 Å². The van der Waals surface area contributed by atoms with Gasteiger partial charge in [-0.05, 0) is 49.9 Å².